The average Bonchev–Trinajstić information content (AvgIpc) is 2.54. The fourth-order valence-corrected chi connectivity index (χ4v) is 4.66. The van der Waals surface area contributed by atoms with Crippen LogP contribution >= 0.6 is 11.8 Å². The van der Waals surface area contributed by atoms with Crippen LogP contribution < -0.4 is 15.3 Å². The van der Waals surface area contributed by atoms with Crippen LogP contribution in [0, 0.1) is 11.4 Å². The van der Waals surface area contributed by atoms with Crippen molar-refractivity contribution in [1.29, 1.82) is 5.53 Å². The van der Waals surface area contributed by atoms with E-state index in [1.807, 2.05) is 18.2 Å². The zero-order chi connectivity index (χ0) is 16.3. The molecule has 2 atom stereocenters. The summed E-state index contributed by atoms with van der Waals surface area (Å²) in [5, 5.41) is 17.3. The summed E-state index contributed by atoms with van der Waals surface area (Å²) in [6.45, 7) is 0. The summed E-state index contributed by atoms with van der Waals surface area (Å²) < 4.78 is 0. The quantitative estimate of drug-likeness (QED) is 0.640. The molecule has 2 N–H and O–H groups in total. The van der Waals surface area contributed by atoms with Crippen LogP contribution in [-0.2, 0) is 5.54 Å². The molecule has 1 aliphatic carbocycles. The van der Waals surface area contributed by atoms with Gasteiger partial charge in [0, 0.05) is 5.75 Å². The Morgan fingerprint density at radius 3 is 3.17 bits per heavy atom. The first-order chi connectivity index (χ1) is 11.1. The third-order valence-corrected chi connectivity index (χ3v) is 5.51. The molecule has 1 saturated carbocycles. The largest absolute Gasteiger partial charge is 0.530 e. The molecule has 120 valence electrons. The van der Waals surface area contributed by atoms with Crippen molar-refractivity contribution in [1.82, 2.24) is 10.2 Å². The molecule has 1 fully saturated rings. The lowest BCUT2D eigenvalue weighted by molar-refractivity contribution is -0.248. The first-order valence-electron chi connectivity index (χ1n) is 7.53. The highest BCUT2D eigenvalue weighted by Crippen LogP contribution is 2.49. The van der Waals surface area contributed by atoms with Gasteiger partial charge in [0.05, 0.1) is 5.54 Å². The van der Waals surface area contributed by atoms with Crippen LogP contribution in [0.15, 0.2) is 34.4 Å². The Hall–Kier alpha value is -2.18. The molecule has 1 aromatic carbocycles. The number of aliphatic imine (C=N–C) groups is 1. The van der Waals surface area contributed by atoms with Crippen molar-refractivity contribution in [3.8, 4) is 0 Å². The minimum absolute atomic E-state index is 0.358. The van der Waals surface area contributed by atoms with E-state index in [0.29, 0.717) is 16.8 Å². The van der Waals surface area contributed by atoms with Gasteiger partial charge in [0.2, 0.25) is 4.91 Å². The molecular weight excluding hydrogens is 314 g/mol. The number of nitrogens with one attached hydrogen (secondary N) is 2. The second kappa shape index (κ2) is 6.52. The summed E-state index contributed by atoms with van der Waals surface area (Å²) in [5.74, 6) is 1.18. The number of thioether (sulfide) groups is 1. The number of carbonyl (C=O) groups excluding carboxylic acids is 1. The smallest absolute Gasteiger partial charge is 0.220 e. The molecule has 2 aliphatic rings. The van der Waals surface area contributed by atoms with Gasteiger partial charge in [-0.3, -0.25) is 4.99 Å². The average molecular weight is 331 g/mol. The molecule has 3 rings (SSSR count). The van der Waals surface area contributed by atoms with Gasteiger partial charge in [-0.15, -0.1) is 0 Å². The number of rotatable bonds is 2. The predicted octanol–water partition coefficient (Wildman–Crippen LogP) is 2.29. The van der Waals surface area contributed by atoms with E-state index in [2.05, 4.69) is 15.3 Å². The Kier molecular flexibility index (Phi) is 4.45. The number of amidine groups is 1. The summed E-state index contributed by atoms with van der Waals surface area (Å²) in [6, 6.07) is 7.56. The highest BCUT2D eigenvalue weighted by Gasteiger charge is 2.45. The monoisotopic (exact) mass is 331 g/mol. The van der Waals surface area contributed by atoms with Gasteiger partial charge in [-0.25, -0.2) is 0 Å². The van der Waals surface area contributed by atoms with Crippen LogP contribution in [0.5, 0.6) is 0 Å². The van der Waals surface area contributed by atoms with Crippen molar-refractivity contribution < 1.29 is 9.90 Å². The summed E-state index contributed by atoms with van der Waals surface area (Å²) >= 11 is 1.43. The molecular formula is C15H17N5O2S. The van der Waals surface area contributed by atoms with Crippen molar-refractivity contribution in [3.05, 3.63) is 29.8 Å². The second-order valence-corrected chi connectivity index (χ2v) is 6.77. The van der Waals surface area contributed by atoms with Crippen LogP contribution in [0.4, 0.5) is 10.5 Å². The fourth-order valence-electron chi connectivity index (χ4n) is 3.48. The molecule has 1 unspecified atom stereocenters. The van der Waals surface area contributed by atoms with Gasteiger partial charge in [0.1, 0.15) is 11.6 Å². The van der Waals surface area contributed by atoms with Crippen molar-refractivity contribution in [3.63, 3.8) is 0 Å². The number of hydrogen-bond acceptors (Lipinski definition) is 6. The van der Waals surface area contributed by atoms with E-state index in [0.717, 1.165) is 37.0 Å². The maximum atomic E-state index is 10.8. The molecule has 23 heavy (non-hydrogen) atoms. The molecule has 1 aliphatic heterocycles. The number of amides is 1. The summed E-state index contributed by atoms with van der Waals surface area (Å²) in [7, 11) is 0. The summed E-state index contributed by atoms with van der Waals surface area (Å²) in [6.07, 6.45) is 2.82. The van der Waals surface area contributed by atoms with Crippen molar-refractivity contribution in [2.24, 2.45) is 16.0 Å². The zero-order valence-corrected chi connectivity index (χ0v) is 13.3. The minimum Gasteiger partial charge on any atom is -0.530 e. The Labute approximate surface area is 137 Å². The maximum Gasteiger partial charge on any atom is 0.220 e. The molecule has 0 spiro atoms. The molecule has 0 bridgehead atoms. The summed E-state index contributed by atoms with van der Waals surface area (Å²) in [5.41, 5.74) is 8.07. The Bertz CT molecular complexity index is 701. The SMILES string of the molecule is N=[N+]=Nc1cccc([C@]23CCCCC2CSC(NC(=O)[O-])=N3)c1. The summed E-state index contributed by atoms with van der Waals surface area (Å²) in [4.78, 5) is 18.7. The highest BCUT2D eigenvalue weighted by molar-refractivity contribution is 8.13. The van der Waals surface area contributed by atoms with E-state index < -0.39 is 11.6 Å². The number of hydrogen-bond donors (Lipinski definition) is 2. The molecule has 0 saturated heterocycles. The fraction of sp³-hybridized carbons (Fsp3) is 0.467. The third kappa shape index (κ3) is 3.13. The third-order valence-electron chi connectivity index (χ3n) is 4.48. The molecule has 1 heterocycles. The molecule has 1 amide bonds. The van der Waals surface area contributed by atoms with Crippen LogP contribution in [0.2, 0.25) is 0 Å². The minimum atomic E-state index is -1.34. The van der Waals surface area contributed by atoms with Gasteiger partial charge < -0.3 is 15.2 Å². The van der Waals surface area contributed by atoms with Gasteiger partial charge in [0.15, 0.2) is 16.0 Å². The number of carbonyl (C=O) groups is 1. The van der Waals surface area contributed by atoms with Crippen LogP contribution in [-0.4, -0.2) is 17.0 Å². The van der Waals surface area contributed by atoms with E-state index in [9.17, 15) is 9.90 Å². The lowest BCUT2D eigenvalue weighted by Crippen LogP contribution is -2.47. The van der Waals surface area contributed by atoms with Gasteiger partial charge in [-0.05, 0) is 36.5 Å². The lowest BCUT2D eigenvalue weighted by atomic mass is 9.70. The van der Waals surface area contributed by atoms with Gasteiger partial charge in [-0.1, -0.05) is 36.7 Å². The predicted molar refractivity (Wildman–Crippen MR) is 85.4 cm³/mol. The van der Waals surface area contributed by atoms with Crippen LogP contribution in [0.1, 0.15) is 31.2 Å². The standard InChI is InChI=1S/C15H17N5O2S/c16-20-19-12-6-3-5-10(8-12)15-7-2-1-4-11(15)9-23-13(18-15)17-14(21)22/h3,5-6,8,11,16H,1-2,4,7,9H2,(H-,17,18,21,22)/t11?,15-/m1/s1. The van der Waals surface area contributed by atoms with Crippen LogP contribution in [0.25, 0.3) is 0 Å². The van der Waals surface area contributed by atoms with Gasteiger partial charge >= 0.3 is 0 Å². The highest BCUT2D eigenvalue weighted by atomic mass is 32.2. The molecule has 7 nitrogen and oxygen atoms in total. The molecule has 8 heteroatoms. The van der Waals surface area contributed by atoms with Crippen molar-refractivity contribution >= 4 is 28.7 Å². The van der Waals surface area contributed by atoms with E-state index in [1.54, 1.807) is 6.07 Å². The topological polar surface area (TPSA) is 115 Å². The molecule has 1 aromatic rings. The number of fused-ring (bicyclic) bond motifs is 1. The Balaban J connectivity index is 2.06. The van der Waals surface area contributed by atoms with E-state index in [4.69, 9.17) is 10.5 Å². The first kappa shape index (κ1) is 15.7. The number of nitrogens with zero attached hydrogens (tertiary/aromatic N) is 3. The molecule has 0 radical (unpaired) electrons. The lowest BCUT2D eigenvalue weighted by Gasteiger charge is -2.44. The maximum absolute atomic E-state index is 10.8. The Morgan fingerprint density at radius 1 is 1.52 bits per heavy atom. The van der Waals surface area contributed by atoms with E-state index in [-0.39, 0.29) is 0 Å². The van der Waals surface area contributed by atoms with Gasteiger partial charge in [-0.2, -0.15) is 0 Å². The zero-order valence-electron chi connectivity index (χ0n) is 12.5. The second-order valence-electron chi connectivity index (χ2n) is 5.76. The van der Waals surface area contributed by atoms with Crippen molar-refractivity contribution in [2.75, 3.05) is 5.75 Å². The number of carboxylic acid groups (broad SMARTS) is 1. The Morgan fingerprint density at radius 2 is 2.39 bits per heavy atom. The van der Waals surface area contributed by atoms with Crippen LogP contribution in [0.3, 0.4) is 0 Å². The number of benzene rings is 1. The normalized spacial score (nSPS) is 26.4. The molecule has 0 aromatic heterocycles. The first-order valence-corrected chi connectivity index (χ1v) is 8.51. The van der Waals surface area contributed by atoms with E-state index >= 15 is 0 Å². The van der Waals surface area contributed by atoms with Gasteiger partial charge in [0.25, 0.3) is 0 Å². The van der Waals surface area contributed by atoms with E-state index in [1.165, 1.54) is 11.8 Å². The van der Waals surface area contributed by atoms with Crippen molar-refractivity contribution in [2.45, 2.75) is 31.2 Å².